The Morgan fingerprint density at radius 3 is 2.30 bits per heavy atom. The van der Waals surface area contributed by atoms with E-state index in [0.29, 0.717) is 42.5 Å². The lowest BCUT2D eigenvalue weighted by molar-refractivity contribution is 0.0570. The molecule has 3 aliphatic rings. The fourth-order valence-corrected chi connectivity index (χ4v) is 4.94. The van der Waals surface area contributed by atoms with Crippen LogP contribution in [-0.2, 0) is 0 Å². The molecule has 0 radical (unpaired) electrons. The van der Waals surface area contributed by atoms with Crippen molar-refractivity contribution in [3.63, 3.8) is 0 Å². The third-order valence-corrected chi connectivity index (χ3v) is 6.31. The Hall–Kier alpha value is -2.49. The van der Waals surface area contributed by atoms with Crippen molar-refractivity contribution in [3.8, 4) is 11.5 Å². The van der Waals surface area contributed by atoms with Crippen LogP contribution in [0, 0.1) is 6.92 Å². The monoisotopic (exact) mass is 363 g/mol. The molecule has 0 N–H and O–H groups in total. The number of piperidine rings is 1. The molecular weight excluding hydrogens is 338 g/mol. The van der Waals surface area contributed by atoms with Crippen LogP contribution in [0.3, 0.4) is 0 Å². The van der Waals surface area contributed by atoms with Gasteiger partial charge in [0, 0.05) is 17.6 Å². The lowest BCUT2D eigenvalue weighted by Gasteiger charge is -2.39. The van der Waals surface area contributed by atoms with Gasteiger partial charge in [0.25, 0.3) is 5.91 Å². The van der Waals surface area contributed by atoms with Gasteiger partial charge in [0.1, 0.15) is 13.2 Å². The van der Waals surface area contributed by atoms with E-state index < -0.39 is 0 Å². The van der Waals surface area contributed by atoms with Gasteiger partial charge in [0.2, 0.25) is 0 Å². The Morgan fingerprint density at radius 2 is 1.59 bits per heavy atom. The van der Waals surface area contributed by atoms with Crippen molar-refractivity contribution in [3.05, 3.63) is 59.2 Å². The summed E-state index contributed by atoms with van der Waals surface area (Å²) in [6.45, 7) is 3.23. The van der Waals surface area contributed by atoms with Crippen molar-refractivity contribution in [2.75, 3.05) is 13.2 Å². The van der Waals surface area contributed by atoms with Crippen LogP contribution in [0.5, 0.6) is 11.5 Å². The second-order valence-corrected chi connectivity index (χ2v) is 8.03. The van der Waals surface area contributed by atoms with Crippen LogP contribution >= 0.6 is 0 Å². The van der Waals surface area contributed by atoms with Gasteiger partial charge >= 0.3 is 0 Å². The van der Waals surface area contributed by atoms with E-state index in [1.165, 1.54) is 11.1 Å². The largest absolute Gasteiger partial charge is 0.486 e. The molecule has 4 heteroatoms. The van der Waals surface area contributed by atoms with Crippen LogP contribution < -0.4 is 9.47 Å². The summed E-state index contributed by atoms with van der Waals surface area (Å²) in [6, 6.07) is 15.2. The van der Waals surface area contributed by atoms with Crippen molar-refractivity contribution in [1.82, 2.24) is 4.90 Å². The molecule has 0 spiro atoms. The maximum Gasteiger partial charge on any atom is 0.254 e. The molecule has 3 aliphatic heterocycles. The van der Waals surface area contributed by atoms with Crippen LogP contribution in [0.15, 0.2) is 42.5 Å². The maximum absolute atomic E-state index is 13.3. The molecule has 2 fully saturated rings. The highest BCUT2D eigenvalue weighted by molar-refractivity contribution is 5.95. The van der Waals surface area contributed by atoms with Crippen molar-refractivity contribution in [2.45, 2.75) is 50.6 Å². The minimum atomic E-state index is 0.141. The summed E-state index contributed by atoms with van der Waals surface area (Å²) in [4.78, 5) is 15.4. The average molecular weight is 363 g/mol. The van der Waals surface area contributed by atoms with E-state index in [4.69, 9.17) is 9.47 Å². The third kappa shape index (κ3) is 2.97. The molecule has 27 heavy (non-hydrogen) atoms. The molecule has 140 valence electrons. The number of benzene rings is 2. The van der Waals surface area contributed by atoms with Crippen molar-refractivity contribution >= 4 is 5.91 Å². The molecule has 2 aromatic rings. The number of fused-ring (bicyclic) bond motifs is 3. The molecule has 2 bridgehead atoms. The standard InChI is InChI=1S/C23H25NO3/c1-15-2-4-16(5-3-15)18-12-19-7-8-20(13-18)24(19)23(25)17-6-9-21-22(14-17)27-11-10-26-21/h2-6,9,14,18-20H,7-8,10-13H2,1H3/t18?,19-,20+. The molecule has 0 aliphatic carbocycles. The van der Waals surface area contributed by atoms with E-state index in [1.807, 2.05) is 18.2 Å². The molecule has 4 nitrogen and oxygen atoms in total. The quantitative estimate of drug-likeness (QED) is 0.798. The van der Waals surface area contributed by atoms with Crippen molar-refractivity contribution in [2.24, 2.45) is 0 Å². The van der Waals surface area contributed by atoms with Crippen LogP contribution in [0.2, 0.25) is 0 Å². The molecule has 3 atom stereocenters. The Kier molecular flexibility index (Phi) is 4.07. The summed E-state index contributed by atoms with van der Waals surface area (Å²) < 4.78 is 11.2. The number of hydrogen-bond acceptors (Lipinski definition) is 3. The minimum absolute atomic E-state index is 0.141. The number of carbonyl (C=O) groups is 1. The predicted octanol–water partition coefficient (Wildman–Crippen LogP) is 4.32. The second kappa shape index (κ2) is 6.59. The Bertz CT molecular complexity index is 846. The summed E-state index contributed by atoms with van der Waals surface area (Å²) in [5, 5.41) is 0. The topological polar surface area (TPSA) is 38.8 Å². The van der Waals surface area contributed by atoms with Gasteiger partial charge in [0.05, 0.1) is 0 Å². The number of nitrogens with zero attached hydrogens (tertiary/aromatic N) is 1. The highest BCUT2D eigenvalue weighted by atomic mass is 16.6. The van der Waals surface area contributed by atoms with E-state index in [2.05, 4.69) is 36.1 Å². The fraction of sp³-hybridized carbons (Fsp3) is 0.435. The van der Waals surface area contributed by atoms with E-state index in [1.54, 1.807) is 0 Å². The zero-order chi connectivity index (χ0) is 18.4. The first-order chi connectivity index (χ1) is 13.2. The van der Waals surface area contributed by atoms with Gasteiger partial charge in [-0.1, -0.05) is 29.8 Å². The summed E-state index contributed by atoms with van der Waals surface area (Å²) >= 11 is 0. The number of aryl methyl sites for hydroxylation is 1. The summed E-state index contributed by atoms with van der Waals surface area (Å²) in [5.74, 6) is 2.13. The highest BCUT2D eigenvalue weighted by Gasteiger charge is 2.43. The summed E-state index contributed by atoms with van der Waals surface area (Å²) in [6.07, 6.45) is 4.36. The lowest BCUT2D eigenvalue weighted by Crippen LogP contribution is -2.46. The van der Waals surface area contributed by atoms with Gasteiger partial charge in [0.15, 0.2) is 11.5 Å². The van der Waals surface area contributed by atoms with Crippen LogP contribution in [0.25, 0.3) is 0 Å². The average Bonchev–Trinajstić information content (AvgIpc) is 2.97. The third-order valence-electron chi connectivity index (χ3n) is 6.31. The van der Waals surface area contributed by atoms with Gasteiger partial charge in [-0.05, 0) is 62.3 Å². The molecule has 2 aromatic carbocycles. The van der Waals surface area contributed by atoms with E-state index in [9.17, 15) is 4.79 Å². The number of hydrogen-bond donors (Lipinski definition) is 0. The minimum Gasteiger partial charge on any atom is -0.486 e. The fourth-order valence-electron chi connectivity index (χ4n) is 4.94. The highest BCUT2D eigenvalue weighted by Crippen LogP contribution is 2.44. The molecule has 1 amide bonds. The Morgan fingerprint density at radius 1 is 0.926 bits per heavy atom. The van der Waals surface area contributed by atoms with Gasteiger partial charge in [-0.15, -0.1) is 0 Å². The number of rotatable bonds is 2. The molecule has 1 unspecified atom stereocenters. The van der Waals surface area contributed by atoms with Crippen molar-refractivity contribution in [1.29, 1.82) is 0 Å². The SMILES string of the molecule is Cc1ccc(C2C[C@H]3CC[C@@H](C2)N3C(=O)c2ccc3c(c2)OCCO3)cc1. The molecule has 2 saturated heterocycles. The second-order valence-electron chi connectivity index (χ2n) is 8.03. The number of ether oxygens (including phenoxy) is 2. The van der Waals surface area contributed by atoms with Crippen molar-refractivity contribution < 1.29 is 14.3 Å². The van der Waals surface area contributed by atoms with Crippen LogP contribution in [-0.4, -0.2) is 36.1 Å². The van der Waals surface area contributed by atoms with Crippen LogP contribution in [0.1, 0.15) is 53.1 Å². The van der Waals surface area contributed by atoms with E-state index >= 15 is 0 Å². The maximum atomic E-state index is 13.3. The normalized spacial score (nSPS) is 26.1. The Labute approximate surface area is 160 Å². The summed E-state index contributed by atoms with van der Waals surface area (Å²) in [5.41, 5.74) is 3.43. The molecule has 0 saturated carbocycles. The zero-order valence-electron chi connectivity index (χ0n) is 15.7. The van der Waals surface area contributed by atoms with Gasteiger partial charge in [-0.2, -0.15) is 0 Å². The number of carbonyl (C=O) groups excluding carboxylic acids is 1. The molecule has 5 rings (SSSR count). The zero-order valence-corrected chi connectivity index (χ0v) is 15.7. The molecule has 0 aromatic heterocycles. The van der Waals surface area contributed by atoms with E-state index in [0.717, 1.165) is 31.4 Å². The molecule has 3 heterocycles. The van der Waals surface area contributed by atoms with E-state index in [-0.39, 0.29) is 5.91 Å². The van der Waals surface area contributed by atoms with Crippen LogP contribution in [0.4, 0.5) is 0 Å². The Balaban J connectivity index is 1.36. The summed E-state index contributed by atoms with van der Waals surface area (Å²) in [7, 11) is 0. The molecular formula is C23H25NO3. The first kappa shape index (κ1) is 16.7. The first-order valence-corrected chi connectivity index (χ1v) is 9.98. The first-order valence-electron chi connectivity index (χ1n) is 9.98. The predicted molar refractivity (Wildman–Crippen MR) is 104 cm³/mol. The lowest BCUT2D eigenvalue weighted by atomic mass is 9.84. The van der Waals surface area contributed by atoms with Gasteiger partial charge in [-0.3, -0.25) is 4.79 Å². The smallest absolute Gasteiger partial charge is 0.254 e. The van der Waals surface area contributed by atoms with Gasteiger partial charge in [-0.25, -0.2) is 0 Å². The van der Waals surface area contributed by atoms with Gasteiger partial charge < -0.3 is 14.4 Å². The number of amides is 1.